The summed E-state index contributed by atoms with van der Waals surface area (Å²) in [6, 6.07) is 0. The van der Waals surface area contributed by atoms with Crippen LogP contribution in [0, 0.1) is 6.17 Å². The standard InChI is InChI=1S/C6H11N2/c1-6-7(2)4-5-8(6)3/h4-5H,1-3H3. The van der Waals surface area contributed by atoms with Crippen molar-refractivity contribution in [3.63, 3.8) is 0 Å². The highest BCUT2D eigenvalue weighted by molar-refractivity contribution is 5.01. The summed E-state index contributed by atoms with van der Waals surface area (Å²) in [5.41, 5.74) is 0. The Hall–Kier alpha value is -0.660. The number of rotatable bonds is 0. The van der Waals surface area contributed by atoms with Crippen LogP contribution in [-0.4, -0.2) is 23.9 Å². The molecule has 0 N–H and O–H groups in total. The van der Waals surface area contributed by atoms with Gasteiger partial charge in [-0.3, -0.25) is 0 Å². The van der Waals surface area contributed by atoms with E-state index in [1.54, 1.807) is 0 Å². The molecule has 0 bridgehead atoms. The fraction of sp³-hybridized carbons (Fsp3) is 0.500. The van der Waals surface area contributed by atoms with Gasteiger partial charge in [-0.2, -0.15) is 0 Å². The van der Waals surface area contributed by atoms with Gasteiger partial charge >= 0.3 is 0 Å². The maximum Gasteiger partial charge on any atom is 0.151 e. The lowest BCUT2D eigenvalue weighted by Crippen LogP contribution is -2.21. The second kappa shape index (κ2) is 1.69. The molecule has 1 heterocycles. The average molecular weight is 111 g/mol. The van der Waals surface area contributed by atoms with E-state index in [1.807, 2.05) is 26.5 Å². The molecule has 0 aliphatic carbocycles. The summed E-state index contributed by atoms with van der Waals surface area (Å²) >= 11 is 0. The zero-order valence-corrected chi connectivity index (χ0v) is 5.55. The van der Waals surface area contributed by atoms with Gasteiger partial charge in [-0.05, 0) is 6.92 Å². The van der Waals surface area contributed by atoms with Crippen LogP contribution < -0.4 is 0 Å². The van der Waals surface area contributed by atoms with Gasteiger partial charge in [0, 0.05) is 26.5 Å². The van der Waals surface area contributed by atoms with E-state index in [9.17, 15) is 0 Å². The van der Waals surface area contributed by atoms with E-state index in [0.29, 0.717) is 0 Å². The third-order valence-electron chi connectivity index (χ3n) is 1.53. The summed E-state index contributed by atoms with van der Waals surface area (Å²) in [6.45, 7) is 2.08. The molecule has 0 aromatic carbocycles. The van der Waals surface area contributed by atoms with Gasteiger partial charge in [-0.1, -0.05) is 0 Å². The second-order valence-electron chi connectivity index (χ2n) is 2.07. The molecule has 0 amide bonds. The summed E-state index contributed by atoms with van der Waals surface area (Å²) in [5.74, 6) is 0. The summed E-state index contributed by atoms with van der Waals surface area (Å²) in [5, 5.41) is 0. The molecule has 0 aromatic rings. The van der Waals surface area contributed by atoms with Crippen molar-refractivity contribution in [2.24, 2.45) is 0 Å². The number of nitrogens with zero attached hydrogens (tertiary/aromatic N) is 2. The van der Waals surface area contributed by atoms with Gasteiger partial charge in [-0.25, -0.2) is 0 Å². The topological polar surface area (TPSA) is 6.48 Å². The first-order valence-electron chi connectivity index (χ1n) is 2.69. The Kier molecular flexibility index (Phi) is 1.16. The summed E-state index contributed by atoms with van der Waals surface area (Å²) in [6.07, 6.45) is 5.34. The van der Waals surface area contributed by atoms with Crippen LogP contribution in [0.2, 0.25) is 0 Å². The van der Waals surface area contributed by atoms with Crippen molar-refractivity contribution in [1.29, 1.82) is 0 Å². The fourth-order valence-electron chi connectivity index (χ4n) is 0.665. The molecule has 0 saturated heterocycles. The Bertz CT molecular complexity index is 97.1. The van der Waals surface area contributed by atoms with E-state index in [0.717, 1.165) is 0 Å². The summed E-state index contributed by atoms with van der Waals surface area (Å²) in [4.78, 5) is 4.17. The molecule has 0 fully saturated rings. The summed E-state index contributed by atoms with van der Waals surface area (Å²) in [7, 11) is 4.07. The molecule has 2 heteroatoms. The summed E-state index contributed by atoms with van der Waals surface area (Å²) < 4.78 is 0. The number of hydrogen-bond donors (Lipinski definition) is 0. The molecule has 45 valence electrons. The van der Waals surface area contributed by atoms with Crippen molar-refractivity contribution in [3.8, 4) is 0 Å². The first-order chi connectivity index (χ1) is 3.72. The van der Waals surface area contributed by atoms with E-state index < -0.39 is 0 Å². The minimum absolute atomic E-state index is 1.27. The average Bonchev–Trinajstić information content (AvgIpc) is 1.98. The van der Waals surface area contributed by atoms with Crippen molar-refractivity contribution >= 4 is 0 Å². The zero-order valence-electron chi connectivity index (χ0n) is 5.55. The smallest absolute Gasteiger partial charge is 0.151 e. The van der Waals surface area contributed by atoms with Crippen LogP contribution in [-0.2, 0) is 0 Å². The minimum atomic E-state index is 1.27. The van der Waals surface area contributed by atoms with E-state index >= 15 is 0 Å². The van der Waals surface area contributed by atoms with Gasteiger partial charge in [0.05, 0.1) is 0 Å². The van der Waals surface area contributed by atoms with E-state index in [2.05, 4.69) is 16.7 Å². The van der Waals surface area contributed by atoms with Gasteiger partial charge in [0.1, 0.15) is 0 Å². The van der Waals surface area contributed by atoms with Crippen molar-refractivity contribution in [2.75, 3.05) is 14.1 Å². The first-order valence-corrected chi connectivity index (χ1v) is 2.69. The zero-order chi connectivity index (χ0) is 6.15. The fourth-order valence-corrected chi connectivity index (χ4v) is 0.665. The third kappa shape index (κ3) is 0.661. The molecule has 0 spiro atoms. The van der Waals surface area contributed by atoms with Gasteiger partial charge < -0.3 is 9.80 Å². The Balaban J connectivity index is 2.55. The van der Waals surface area contributed by atoms with Gasteiger partial charge in [0.2, 0.25) is 0 Å². The van der Waals surface area contributed by atoms with Crippen LogP contribution in [0.15, 0.2) is 12.4 Å². The molecule has 1 aliphatic heterocycles. The minimum Gasteiger partial charge on any atom is -0.353 e. The molecule has 1 rings (SSSR count). The molecule has 1 radical (unpaired) electrons. The highest BCUT2D eigenvalue weighted by Gasteiger charge is 2.14. The van der Waals surface area contributed by atoms with Gasteiger partial charge in [0.15, 0.2) is 6.17 Å². The SMILES string of the molecule is C[C]1N(C)C=CN1C. The highest BCUT2D eigenvalue weighted by Crippen LogP contribution is 2.16. The second-order valence-corrected chi connectivity index (χ2v) is 2.07. The predicted octanol–water partition coefficient (Wildman–Crippen LogP) is 0.844. The number of hydrogen-bond acceptors (Lipinski definition) is 2. The molecule has 1 aliphatic rings. The maximum atomic E-state index is 2.08. The Morgan fingerprint density at radius 2 is 1.50 bits per heavy atom. The van der Waals surface area contributed by atoms with Crippen molar-refractivity contribution in [2.45, 2.75) is 6.92 Å². The van der Waals surface area contributed by atoms with Crippen LogP contribution in [0.1, 0.15) is 6.92 Å². The van der Waals surface area contributed by atoms with Gasteiger partial charge in [-0.15, -0.1) is 0 Å². The molecular weight excluding hydrogens is 100 g/mol. The van der Waals surface area contributed by atoms with Crippen molar-refractivity contribution in [1.82, 2.24) is 9.80 Å². The Morgan fingerprint density at radius 3 is 1.62 bits per heavy atom. The van der Waals surface area contributed by atoms with Crippen LogP contribution in [0.4, 0.5) is 0 Å². The lowest BCUT2D eigenvalue weighted by molar-refractivity contribution is 0.345. The quantitative estimate of drug-likeness (QED) is 0.457. The van der Waals surface area contributed by atoms with Crippen LogP contribution in [0.25, 0.3) is 0 Å². The molecule has 2 nitrogen and oxygen atoms in total. The van der Waals surface area contributed by atoms with Crippen molar-refractivity contribution in [3.05, 3.63) is 18.6 Å². The Morgan fingerprint density at radius 1 is 1.12 bits per heavy atom. The van der Waals surface area contributed by atoms with Crippen LogP contribution in [0.3, 0.4) is 0 Å². The molecule has 0 saturated carbocycles. The van der Waals surface area contributed by atoms with E-state index in [4.69, 9.17) is 0 Å². The van der Waals surface area contributed by atoms with Crippen molar-refractivity contribution < 1.29 is 0 Å². The molecule has 0 unspecified atom stereocenters. The Labute approximate surface area is 50.4 Å². The molecule has 8 heavy (non-hydrogen) atoms. The van der Waals surface area contributed by atoms with Gasteiger partial charge in [0.25, 0.3) is 0 Å². The molecular formula is C6H11N2. The normalized spacial score (nSPS) is 20.9. The predicted molar refractivity (Wildman–Crippen MR) is 33.6 cm³/mol. The first kappa shape index (κ1) is 5.48. The van der Waals surface area contributed by atoms with E-state index in [1.165, 1.54) is 6.17 Å². The lowest BCUT2D eigenvalue weighted by atomic mass is 10.5. The monoisotopic (exact) mass is 111 g/mol. The highest BCUT2D eigenvalue weighted by atomic mass is 15.3. The lowest BCUT2D eigenvalue weighted by Gasteiger charge is -2.20. The third-order valence-corrected chi connectivity index (χ3v) is 1.53. The largest absolute Gasteiger partial charge is 0.353 e. The molecule has 0 aromatic heterocycles. The van der Waals surface area contributed by atoms with Crippen LogP contribution in [0.5, 0.6) is 0 Å². The maximum absolute atomic E-state index is 2.08. The van der Waals surface area contributed by atoms with Crippen LogP contribution >= 0.6 is 0 Å². The molecule has 0 atom stereocenters. The van der Waals surface area contributed by atoms with E-state index in [-0.39, 0.29) is 0 Å².